The Kier molecular flexibility index (Phi) is 4.85. The normalized spacial score (nSPS) is 19.5. The molecule has 24 heavy (non-hydrogen) atoms. The van der Waals surface area contributed by atoms with Gasteiger partial charge in [0.25, 0.3) is 0 Å². The quantitative estimate of drug-likeness (QED) is 0.867. The molecule has 1 unspecified atom stereocenters. The van der Waals surface area contributed by atoms with Crippen LogP contribution >= 0.6 is 11.8 Å². The minimum atomic E-state index is -0.285. The Morgan fingerprint density at radius 3 is 2.62 bits per heavy atom. The molecule has 2 heterocycles. The van der Waals surface area contributed by atoms with E-state index < -0.39 is 0 Å². The fourth-order valence-electron chi connectivity index (χ4n) is 2.46. The fourth-order valence-corrected chi connectivity index (χ4v) is 3.74. The zero-order valence-corrected chi connectivity index (χ0v) is 14.5. The van der Waals surface area contributed by atoms with Crippen LogP contribution in [0.3, 0.4) is 0 Å². The van der Waals surface area contributed by atoms with E-state index in [2.05, 4.69) is 9.98 Å². The molecule has 6 heteroatoms. The van der Waals surface area contributed by atoms with Gasteiger partial charge in [0.15, 0.2) is 5.17 Å². The van der Waals surface area contributed by atoms with E-state index in [1.165, 1.54) is 11.8 Å². The Hall–Kier alpha value is -2.34. The number of nitrogens with two attached hydrogens (primary N) is 1. The van der Waals surface area contributed by atoms with Gasteiger partial charge in [-0.05, 0) is 43.7 Å². The Balaban J connectivity index is 1.90. The molecule has 0 radical (unpaired) electrons. The fraction of sp³-hybridized carbons (Fsp3) is 0.278. The second-order valence-electron chi connectivity index (χ2n) is 5.92. The smallest absolute Gasteiger partial charge is 0.247 e. The van der Waals surface area contributed by atoms with Gasteiger partial charge in [-0.15, -0.1) is 0 Å². The summed E-state index contributed by atoms with van der Waals surface area (Å²) in [6.45, 7) is 4.45. The molecule has 1 aromatic carbocycles. The first kappa shape index (κ1) is 16.5. The zero-order valence-electron chi connectivity index (χ0n) is 13.7. The molecule has 0 aliphatic carbocycles. The van der Waals surface area contributed by atoms with E-state index in [1.807, 2.05) is 56.3 Å². The minimum absolute atomic E-state index is 0.0369. The molecule has 0 saturated carbocycles. The second kappa shape index (κ2) is 7.05. The highest BCUT2D eigenvalue weighted by Crippen LogP contribution is 2.40. The van der Waals surface area contributed by atoms with Crippen LogP contribution in [0.15, 0.2) is 53.7 Å². The Labute approximate surface area is 146 Å². The van der Waals surface area contributed by atoms with E-state index >= 15 is 0 Å². The van der Waals surface area contributed by atoms with Crippen LogP contribution in [0, 0.1) is 0 Å². The van der Waals surface area contributed by atoms with E-state index in [0.29, 0.717) is 12.2 Å². The average Bonchev–Trinajstić information content (AvgIpc) is 2.85. The molecular formula is C18H20N4OS. The molecule has 2 aromatic rings. The maximum atomic E-state index is 13.0. The van der Waals surface area contributed by atoms with Crippen molar-refractivity contribution in [1.82, 2.24) is 9.88 Å². The molecular weight excluding hydrogens is 320 g/mol. The van der Waals surface area contributed by atoms with Crippen LogP contribution < -0.4 is 5.73 Å². The molecule has 0 spiro atoms. The number of carbonyl (C=O) groups excluding carboxylic acids is 1. The lowest BCUT2D eigenvalue weighted by Gasteiger charge is -2.16. The number of nitrogens with zero attached hydrogens (tertiary/aromatic N) is 3. The van der Waals surface area contributed by atoms with E-state index in [1.54, 1.807) is 11.1 Å². The summed E-state index contributed by atoms with van der Waals surface area (Å²) in [5, 5.41) is 0.467. The standard InChI is InChI=1S/C18H20N4OS/c1-12(2)21-18-22(11-15-5-3-4-10-20-15)17(23)16(24-18)13-6-8-14(19)9-7-13/h3-10,12,16H,11,19H2,1-2H3/b21-18+. The molecule has 3 rings (SSSR count). The molecule has 1 fully saturated rings. The number of aromatic nitrogens is 1. The van der Waals surface area contributed by atoms with Gasteiger partial charge in [0.05, 0.1) is 12.2 Å². The van der Waals surface area contributed by atoms with Gasteiger partial charge in [0.1, 0.15) is 5.25 Å². The summed E-state index contributed by atoms with van der Waals surface area (Å²) < 4.78 is 0. The number of benzene rings is 1. The summed E-state index contributed by atoms with van der Waals surface area (Å²) in [7, 11) is 0. The first-order chi connectivity index (χ1) is 11.5. The van der Waals surface area contributed by atoms with Crippen molar-refractivity contribution in [3.8, 4) is 0 Å². The number of pyridine rings is 1. The first-order valence-corrected chi connectivity index (χ1v) is 8.73. The highest BCUT2D eigenvalue weighted by atomic mass is 32.2. The van der Waals surface area contributed by atoms with Gasteiger partial charge in [-0.3, -0.25) is 19.7 Å². The Bertz CT molecular complexity index is 743. The van der Waals surface area contributed by atoms with Gasteiger partial charge in [-0.1, -0.05) is 30.0 Å². The summed E-state index contributed by atoms with van der Waals surface area (Å²) in [4.78, 5) is 23.6. The molecule has 1 atom stereocenters. The first-order valence-electron chi connectivity index (χ1n) is 7.86. The number of amidine groups is 1. The Morgan fingerprint density at radius 1 is 1.25 bits per heavy atom. The van der Waals surface area contributed by atoms with Gasteiger partial charge in [0.2, 0.25) is 5.91 Å². The molecule has 124 valence electrons. The summed E-state index contributed by atoms with van der Waals surface area (Å²) in [5.74, 6) is 0.0369. The van der Waals surface area contributed by atoms with Crippen molar-refractivity contribution in [3.05, 3.63) is 59.9 Å². The lowest BCUT2D eigenvalue weighted by molar-refractivity contribution is -0.126. The van der Waals surface area contributed by atoms with Crippen LogP contribution in [0.5, 0.6) is 0 Å². The van der Waals surface area contributed by atoms with Crippen molar-refractivity contribution in [1.29, 1.82) is 0 Å². The van der Waals surface area contributed by atoms with E-state index in [9.17, 15) is 4.79 Å². The summed E-state index contributed by atoms with van der Waals surface area (Å²) in [5.41, 5.74) is 8.23. The highest BCUT2D eigenvalue weighted by molar-refractivity contribution is 8.15. The number of hydrogen-bond donors (Lipinski definition) is 1. The van der Waals surface area contributed by atoms with Crippen molar-refractivity contribution in [2.24, 2.45) is 4.99 Å². The lowest BCUT2D eigenvalue weighted by atomic mass is 10.1. The predicted molar refractivity (Wildman–Crippen MR) is 98.5 cm³/mol. The number of carbonyl (C=O) groups is 1. The molecule has 1 aromatic heterocycles. The van der Waals surface area contributed by atoms with Gasteiger partial charge in [-0.25, -0.2) is 0 Å². The third kappa shape index (κ3) is 3.59. The molecule has 1 amide bonds. The van der Waals surface area contributed by atoms with Crippen molar-refractivity contribution in [3.63, 3.8) is 0 Å². The van der Waals surface area contributed by atoms with Gasteiger partial charge >= 0.3 is 0 Å². The van der Waals surface area contributed by atoms with E-state index in [0.717, 1.165) is 16.4 Å². The van der Waals surface area contributed by atoms with Crippen LogP contribution in [0.25, 0.3) is 0 Å². The van der Waals surface area contributed by atoms with Crippen molar-refractivity contribution in [2.45, 2.75) is 31.7 Å². The van der Waals surface area contributed by atoms with Crippen molar-refractivity contribution < 1.29 is 4.79 Å². The van der Waals surface area contributed by atoms with E-state index in [4.69, 9.17) is 5.73 Å². The monoisotopic (exact) mass is 340 g/mol. The van der Waals surface area contributed by atoms with Crippen LogP contribution in [0.1, 0.15) is 30.4 Å². The molecule has 5 nitrogen and oxygen atoms in total. The summed E-state index contributed by atoms with van der Waals surface area (Å²) in [6.07, 6.45) is 1.74. The molecule has 1 saturated heterocycles. The SMILES string of the molecule is CC(C)/N=C1/SC(c2ccc(N)cc2)C(=O)N1Cc1ccccn1. The molecule has 0 bridgehead atoms. The maximum Gasteiger partial charge on any atom is 0.247 e. The average molecular weight is 340 g/mol. The number of aliphatic imine (C=N–C) groups is 1. The summed E-state index contributed by atoms with van der Waals surface area (Å²) >= 11 is 1.49. The number of hydrogen-bond acceptors (Lipinski definition) is 5. The van der Waals surface area contributed by atoms with Crippen LogP contribution in [0.4, 0.5) is 5.69 Å². The number of anilines is 1. The third-order valence-electron chi connectivity index (χ3n) is 3.60. The molecule has 1 aliphatic heterocycles. The third-order valence-corrected chi connectivity index (χ3v) is 4.84. The number of nitrogen functional groups attached to an aromatic ring is 1. The van der Waals surface area contributed by atoms with Gasteiger partial charge in [-0.2, -0.15) is 0 Å². The number of thioether (sulfide) groups is 1. The topological polar surface area (TPSA) is 71.6 Å². The predicted octanol–water partition coefficient (Wildman–Crippen LogP) is 3.24. The minimum Gasteiger partial charge on any atom is -0.399 e. The lowest BCUT2D eigenvalue weighted by Crippen LogP contribution is -2.30. The van der Waals surface area contributed by atoms with Gasteiger partial charge < -0.3 is 5.73 Å². The second-order valence-corrected chi connectivity index (χ2v) is 6.99. The maximum absolute atomic E-state index is 13.0. The zero-order chi connectivity index (χ0) is 17.1. The number of amides is 1. The van der Waals surface area contributed by atoms with E-state index in [-0.39, 0.29) is 17.2 Å². The Morgan fingerprint density at radius 2 is 2.00 bits per heavy atom. The molecule has 2 N–H and O–H groups in total. The number of rotatable bonds is 4. The summed E-state index contributed by atoms with van der Waals surface area (Å²) in [6, 6.07) is 13.3. The molecule has 1 aliphatic rings. The van der Waals surface area contributed by atoms with Crippen molar-refractivity contribution in [2.75, 3.05) is 5.73 Å². The van der Waals surface area contributed by atoms with Crippen molar-refractivity contribution >= 4 is 28.5 Å². The van der Waals surface area contributed by atoms with Crippen LogP contribution in [0.2, 0.25) is 0 Å². The largest absolute Gasteiger partial charge is 0.399 e. The highest BCUT2D eigenvalue weighted by Gasteiger charge is 2.39. The van der Waals surface area contributed by atoms with Gasteiger partial charge in [0, 0.05) is 17.9 Å². The van der Waals surface area contributed by atoms with Crippen LogP contribution in [-0.4, -0.2) is 27.0 Å². The van der Waals surface area contributed by atoms with Crippen LogP contribution in [-0.2, 0) is 11.3 Å².